The molecule has 0 aliphatic heterocycles. The summed E-state index contributed by atoms with van der Waals surface area (Å²) in [5.41, 5.74) is 5.68. The number of nitrogens with one attached hydrogen (secondary N) is 1. The summed E-state index contributed by atoms with van der Waals surface area (Å²) in [4.78, 5) is 11.5. The van der Waals surface area contributed by atoms with Gasteiger partial charge in [0.25, 0.3) is 0 Å². The second-order valence-corrected chi connectivity index (χ2v) is 4.83. The third kappa shape index (κ3) is 2.69. The van der Waals surface area contributed by atoms with Gasteiger partial charge in [-0.05, 0) is 24.3 Å². The van der Waals surface area contributed by atoms with Crippen LogP contribution < -0.4 is 11.1 Å². The van der Waals surface area contributed by atoms with Crippen LogP contribution in [-0.2, 0) is 4.79 Å². The van der Waals surface area contributed by atoms with Gasteiger partial charge in [0.15, 0.2) is 0 Å². The molecule has 0 spiro atoms. The lowest BCUT2D eigenvalue weighted by Gasteiger charge is -2.10. The normalized spacial score (nSPS) is 26.6. The lowest BCUT2D eigenvalue weighted by molar-refractivity contribution is -0.123. The van der Waals surface area contributed by atoms with Gasteiger partial charge in [-0.3, -0.25) is 4.79 Å². The van der Waals surface area contributed by atoms with Crippen molar-refractivity contribution in [3.8, 4) is 0 Å². The summed E-state index contributed by atoms with van der Waals surface area (Å²) in [6.45, 7) is 7.64. The third-order valence-electron chi connectivity index (χ3n) is 2.86. The summed E-state index contributed by atoms with van der Waals surface area (Å²) < 4.78 is 0. The van der Waals surface area contributed by atoms with Crippen molar-refractivity contribution in [1.29, 1.82) is 0 Å². The van der Waals surface area contributed by atoms with Crippen LogP contribution in [-0.4, -0.2) is 19.0 Å². The van der Waals surface area contributed by atoms with E-state index in [1.165, 1.54) is 0 Å². The Bertz CT molecular complexity index is 201. The molecule has 1 amide bonds. The fraction of sp³-hybridized carbons (Fsp3) is 0.900. The summed E-state index contributed by atoms with van der Waals surface area (Å²) in [5.74, 6) is 0.814. The predicted octanol–water partition coefficient (Wildman–Crippen LogP) is 0.743. The van der Waals surface area contributed by atoms with Crippen LogP contribution in [0.25, 0.3) is 0 Å². The zero-order chi connectivity index (χ0) is 10.1. The van der Waals surface area contributed by atoms with E-state index in [1.54, 1.807) is 0 Å². The zero-order valence-electron chi connectivity index (χ0n) is 8.76. The quantitative estimate of drug-likeness (QED) is 0.677. The molecule has 0 aromatic carbocycles. The van der Waals surface area contributed by atoms with Crippen molar-refractivity contribution in [3.05, 3.63) is 0 Å². The van der Waals surface area contributed by atoms with Crippen molar-refractivity contribution in [2.24, 2.45) is 23.0 Å². The molecule has 3 heteroatoms. The lowest BCUT2D eigenvalue weighted by atomic mass is 10.1. The summed E-state index contributed by atoms with van der Waals surface area (Å²) in [6, 6.07) is 0. The van der Waals surface area contributed by atoms with Gasteiger partial charge in [0.05, 0.1) is 0 Å². The van der Waals surface area contributed by atoms with E-state index in [0.29, 0.717) is 19.0 Å². The van der Waals surface area contributed by atoms with E-state index < -0.39 is 0 Å². The second-order valence-electron chi connectivity index (χ2n) is 4.83. The predicted molar refractivity (Wildman–Crippen MR) is 53.1 cm³/mol. The first-order chi connectivity index (χ1) is 5.97. The van der Waals surface area contributed by atoms with E-state index in [0.717, 1.165) is 6.42 Å². The van der Waals surface area contributed by atoms with E-state index in [1.807, 2.05) is 6.92 Å². The van der Waals surface area contributed by atoms with E-state index in [-0.39, 0.29) is 17.2 Å². The van der Waals surface area contributed by atoms with Gasteiger partial charge in [-0.15, -0.1) is 0 Å². The topological polar surface area (TPSA) is 55.1 Å². The highest BCUT2D eigenvalue weighted by Crippen LogP contribution is 2.51. The molecule has 3 nitrogen and oxygen atoms in total. The Hall–Kier alpha value is -0.570. The molecule has 0 bridgehead atoms. The average Bonchev–Trinajstić information content (AvgIpc) is 2.70. The first-order valence-corrected chi connectivity index (χ1v) is 4.95. The van der Waals surface area contributed by atoms with Crippen molar-refractivity contribution >= 4 is 5.91 Å². The minimum atomic E-state index is 0.199. The highest BCUT2D eigenvalue weighted by atomic mass is 16.2. The standard InChI is InChI=1S/C10H20N2O/c1-7(5-11)6-12-9(13)8-4-10(8,2)3/h7-8H,4-6,11H2,1-3H3,(H,12,13). The van der Waals surface area contributed by atoms with Crippen LogP contribution in [0.2, 0.25) is 0 Å². The number of hydrogen-bond donors (Lipinski definition) is 2. The van der Waals surface area contributed by atoms with Gasteiger partial charge in [-0.1, -0.05) is 20.8 Å². The third-order valence-corrected chi connectivity index (χ3v) is 2.86. The van der Waals surface area contributed by atoms with Crippen LogP contribution in [0, 0.1) is 17.3 Å². The highest BCUT2D eigenvalue weighted by molar-refractivity contribution is 5.82. The first-order valence-electron chi connectivity index (χ1n) is 4.95. The smallest absolute Gasteiger partial charge is 0.223 e. The monoisotopic (exact) mass is 184 g/mol. The largest absolute Gasteiger partial charge is 0.356 e. The summed E-state index contributed by atoms with van der Waals surface area (Å²) in [5, 5.41) is 2.93. The lowest BCUT2D eigenvalue weighted by Crippen LogP contribution is -2.33. The van der Waals surface area contributed by atoms with E-state index in [4.69, 9.17) is 5.73 Å². The van der Waals surface area contributed by atoms with Gasteiger partial charge in [0, 0.05) is 12.5 Å². The molecule has 1 aliphatic rings. The van der Waals surface area contributed by atoms with Crippen LogP contribution in [0.1, 0.15) is 27.2 Å². The Morgan fingerprint density at radius 3 is 2.62 bits per heavy atom. The molecule has 0 radical (unpaired) electrons. The molecule has 0 aromatic rings. The molecule has 76 valence electrons. The fourth-order valence-corrected chi connectivity index (χ4v) is 1.40. The number of carbonyl (C=O) groups excluding carboxylic acids is 1. The minimum absolute atomic E-state index is 0.199. The number of amides is 1. The molecule has 1 fully saturated rings. The van der Waals surface area contributed by atoms with Crippen LogP contribution >= 0.6 is 0 Å². The molecule has 0 saturated heterocycles. The Balaban J connectivity index is 2.20. The van der Waals surface area contributed by atoms with Crippen LogP contribution in [0.5, 0.6) is 0 Å². The SMILES string of the molecule is CC(CN)CNC(=O)C1CC1(C)C. The van der Waals surface area contributed by atoms with Crippen molar-refractivity contribution in [2.75, 3.05) is 13.1 Å². The number of nitrogens with two attached hydrogens (primary N) is 1. The van der Waals surface area contributed by atoms with Gasteiger partial charge < -0.3 is 11.1 Å². The molecule has 3 N–H and O–H groups in total. The number of rotatable bonds is 4. The number of hydrogen-bond acceptors (Lipinski definition) is 2. The van der Waals surface area contributed by atoms with Gasteiger partial charge >= 0.3 is 0 Å². The summed E-state index contributed by atoms with van der Waals surface area (Å²) in [6.07, 6.45) is 1.02. The Labute approximate surface area is 80.1 Å². The van der Waals surface area contributed by atoms with E-state index >= 15 is 0 Å². The molecule has 13 heavy (non-hydrogen) atoms. The second kappa shape index (κ2) is 3.66. The van der Waals surface area contributed by atoms with Crippen LogP contribution in [0.15, 0.2) is 0 Å². The molecular formula is C10H20N2O. The summed E-state index contributed by atoms with van der Waals surface area (Å²) >= 11 is 0. The molecular weight excluding hydrogens is 164 g/mol. The van der Waals surface area contributed by atoms with Gasteiger partial charge in [-0.25, -0.2) is 0 Å². The Morgan fingerprint density at radius 1 is 1.69 bits per heavy atom. The Kier molecular flexibility index (Phi) is 2.96. The fourth-order valence-electron chi connectivity index (χ4n) is 1.40. The van der Waals surface area contributed by atoms with Crippen molar-refractivity contribution in [3.63, 3.8) is 0 Å². The molecule has 0 heterocycles. The number of carbonyl (C=O) groups is 1. The van der Waals surface area contributed by atoms with E-state index in [2.05, 4.69) is 19.2 Å². The first kappa shape index (κ1) is 10.5. The molecule has 1 saturated carbocycles. The van der Waals surface area contributed by atoms with Crippen molar-refractivity contribution < 1.29 is 4.79 Å². The van der Waals surface area contributed by atoms with Gasteiger partial charge in [0.2, 0.25) is 5.91 Å². The van der Waals surface area contributed by atoms with Crippen molar-refractivity contribution in [1.82, 2.24) is 5.32 Å². The minimum Gasteiger partial charge on any atom is -0.356 e. The highest BCUT2D eigenvalue weighted by Gasteiger charge is 2.50. The summed E-state index contributed by atoms with van der Waals surface area (Å²) in [7, 11) is 0. The molecule has 0 aromatic heterocycles. The molecule has 1 rings (SSSR count). The van der Waals surface area contributed by atoms with E-state index in [9.17, 15) is 4.79 Å². The van der Waals surface area contributed by atoms with Crippen LogP contribution in [0.3, 0.4) is 0 Å². The maximum atomic E-state index is 11.5. The van der Waals surface area contributed by atoms with Gasteiger partial charge in [0.1, 0.15) is 0 Å². The maximum absolute atomic E-state index is 11.5. The van der Waals surface area contributed by atoms with Gasteiger partial charge in [-0.2, -0.15) is 0 Å². The van der Waals surface area contributed by atoms with Crippen molar-refractivity contribution in [2.45, 2.75) is 27.2 Å². The van der Waals surface area contributed by atoms with Crippen LogP contribution in [0.4, 0.5) is 0 Å². The zero-order valence-corrected chi connectivity index (χ0v) is 8.76. The molecule has 1 aliphatic carbocycles. The molecule has 2 atom stereocenters. The molecule has 2 unspecified atom stereocenters. The Morgan fingerprint density at radius 2 is 2.23 bits per heavy atom. The maximum Gasteiger partial charge on any atom is 0.223 e. The average molecular weight is 184 g/mol.